The van der Waals surface area contributed by atoms with E-state index in [0.29, 0.717) is 11.6 Å². The zero-order valence-corrected chi connectivity index (χ0v) is 11.3. The molecule has 0 radical (unpaired) electrons. The topological polar surface area (TPSA) is 44.5 Å². The molecule has 0 aliphatic heterocycles. The average Bonchev–Trinajstić information content (AvgIpc) is 2.27. The number of halogens is 1. The summed E-state index contributed by atoms with van der Waals surface area (Å²) in [5.41, 5.74) is 6.88. The number of rotatable bonds is 6. The third-order valence-electron chi connectivity index (χ3n) is 2.47. The van der Waals surface area contributed by atoms with Crippen LogP contribution in [-0.2, 0) is 9.47 Å². The lowest BCUT2D eigenvalue weighted by molar-refractivity contribution is -0.0480. The van der Waals surface area contributed by atoms with Crippen molar-refractivity contribution >= 4 is 11.6 Å². The van der Waals surface area contributed by atoms with Crippen LogP contribution in [0.4, 0.5) is 0 Å². The molecule has 3 atom stereocenters. The number of nitrogens with two attached hydrogens (primary N) is 1. The van der Waals surface area contributed by atoms with Crippen molar-refractivity contribution in [3.05, 3.63) is 34.9 Å². The molecular formula is C13H20ClNO2. The summed E-state index contributed by atoms with van der Waals surface area (Å²) in [5, 5.41) is 0.680. The lowest BCUT2D eigenvalue weighted by Gasteiger charge is -2.26. The Morgan fingerprint density at radius 3 is 2.47 bits per heavy atom. The fraction of sp³-hybridized carbons (Fsp3) is 0.538. The number of benzene rings is 1. The van der Waals surface area contributed by atoms with Gasteiger partial charge in [-0.15, -0.1) is 0 Å². The van der Waals surface area contributed by atoms with Gasteiger partial charge in [0.05, 0.1) is 18.8 Å². The Bertz CT molecular complexity index is 344. The van der Waals surface area contributed by atoms with Gasteiger partial charge in [-0.05, 0) is 19.9 Å². The van der Waals surface area contributed by atoms with Gasteiger partial charge in [-0.1, -0.05) is 29.8 Å². The highest BCUT2D eigenvalue weighted by Gasteiger charge is 2.21. The summed E-state index contributed by atoms with van der Waals surface area (Å²) in [7, 11) is 1.65. The molecule has 0 saturated carbocycles. The van der Waals surface area contributed by atoms with Gasteiger partial charge in [-0.25, -0.2) is 0 Å². The van der Waals surface area contributed by atoms with E-state index in [1.807, 2.05) is 38.1 Å². The second kappa shape index (κ2) is 6.97. The lowest BCUT2D eigenvalue weighted by atomic mass is 10.0. The van der Waals surface area contributed by atoms with Crippen molar-refractivity contribution in [1.29, 1.82) is 0 Å². The zero-order valence-electron chi connectivity index (χ0n) is 10.5. The molecule has 17 heavy (non-hydrogen) atoms. The maximum atomic E-state index is 6.16. The molecule has 4 heteroatoms. The Hall–Kier alpha value is -0.610. The summed E-state index contributed by atoms with van der Waals surface area (Å²) in [6.45, 7) is 4.40. The van der Waals surface area contributed by atoms with Crippen molar-refractivity contribution < 1.29 is 9.47 Å². The molecule has 0 aliphatic carbocycles. The fourth-order valence-electron chi connectivity index (χ4n) is 1.71. The van der Waals surface area contributed by atoms with Crippen molar-refractivity contribution in [2.75, 3.05) is 13.7 Å². The molecule has 0 fully saturated rings. The molecule has 0 heterocycles. The highest BCUT2D eigenvalue weighted by molar-refractivity contribution is 6.31. The molecule has 1 aromatic carbocycles. The van der Waals surface area contributed by atoms with Crippen LogP contribution in [0.5, 0.6) is 0 Å². The van der Waals surface area contributed by atoms with Crippen LogP contribution in [0.1, 0.15) is 25.5 Å². The van der Waals surface area contributed by atoms with E-state index in [2.05, 4.69) is 0 Å². The van der Waals surface area contributed by atoms with Crippen molar-refractivity contribution in [2.24, 2.45) is 5.73 Å². The van der Waals surface area contributed by atoms with Gasteiger partial charge in [-0.2, -0.15) is 0 Å². The fourth-order valence-corrected chi connectivity index (χ4v) is 1.95. The van der Waals surface area contributed by atoms with E-state index < -0.39 is 0 Å². The van der Waals surface area contributed by atoms with E-state index in [9.17, 15) is 0 Å². The Morgan fingerprint density at radius 2 is 1.94 bits per heavy atom. The van der Waals surface area contributed by atoms with Gasteiger partial charge < -0.3 is 15.2 Å². The van der Waals surface area contributed by atoms with Gasteiger partial charge in [0.25, 0.3) is 0 Å². The smallest absolute Gasteiger partial charge is 0.0992 e. The van der Waals surface area contributed by atoms with Crippen LogP contribution in [-0.4, -0.2) is 25.9 Å². The molecular weight excluding hydrogens is 238 g/mol. The summed E-state index contributed by atoms with van der Waals surface area (Å²) >= 11 is 6.16. The standard InChI is InChI=1S/C13H20ClNO2/c1-9(8-16-3)17-13(10(2)15)11-6-4-5-7-12(11)14/h4-7,9-10,13H,8,15H2,1-3H3. The van der Waals surface area contributed by atoms with Crippen LogP contribution in [0.2, 0.25) is 5.02 Å². The van der Waals surface area contributed by atoms with Crippen molar-refractivity contribution in [3.63, 3.8) is 0 Å². The number of ether oxygens (including phenoxy) is 2. The molecule has 1 aromatic rings. The Morgan fingerprint density at radius 1 is 1.29 bits per heavy atom. The molecule has 0 bridgehead atoms. The van der Waals surface area contributed by atoms with Gasteiger partial charge in [0.15, 0.2) is 0 Å². The zero-order chi connectivity index (χ0) is 12.8. The SMILES string of the molecule is COCC(C)OC(c1ccccc1Cl)C(C)N. The first-order chi connectivity index (χ1) is 8.06. The molecule has 0 amide bonds. The van der Waals surface area contributed by atoms with Crippen LogP contribution in [0, 0.1) is 0 Å². The summed E-state index contributed by atoms with van der Waals surface area (Å²) in [6.07, 6.45) is -0.235. The van der Waals surface area contributed by atoms with Crippen molar-refractivity contribution in [3.8, 4) is 0 Å². The highest BCUT2D eigenvalue weighted by Crippen LogP contribution is 2.28. The van der Waals surface area contributed by atoms with Crippen molar-refractivity contribution in [2.45, 2.75) is 32.1 Å². The Balaban J connectivity index is 2.83. The van der Waals surface area contributed by atoms with E-state index in [1.54, 1.807) is 7.11 Å². The van der Waals surface area contributed by atoms with E-state index in [0.717, 1.165) is 5.56 Å². The van der Waals surface area contributed by atoms with Crippen molar-refractivity contribution in [1.82, 2.24) is 0 Å². The molecule has 0 aliphatic rings. The number of hydrogen-bond donors (Lipinski definition) is 1. The van der Waals surface area contributed by atoms with Crippen LogP contribution in [0.25, 0.3) is 0 Å². The second-order valence-electron chi connectivity index (χ2n) is 4.20. The van der Waals surface area contributed by atoms with Crippen LogP contribution < -0.4 is 5.73 Å². The summed E-state index contributed by atoms with van der Waals surface area (Å²) in [5.74, 6) is 0. The van der Waals surface area contributed by atoms with Crippen LogP contribution in [0.15, 0.2) is 24.3 Å². The second-order valence-corrected chi connectivity index (χ2v) is 4.61. The van der Waals surface area contributed by atoms with Gasteiger partial charge in [-0.3, -0.25) is 0 Å². The molecule has 0 aromatic heterocycles. The summed E-state index contributed by atoms with van der Waals surface area (Å²) < 4.78 is 10.9. The quantitative estimate of drug-likeness (QED) is 0.852. The molecule has 0 spiro atoms. The predicted octanol–water partition coefficient (Wildman–Crippen LogP) is 2.78. The van der Waals surface area contributed by atoms with E-state index in [4.69, 9.17) is 26.8 Å². The third-order valence-corrected chi connectivity index (χ3v) is 2.81. The normalized spacial score (nSPS) is 16.5. The minimum absolute atomic E-state index is 0.0210. The largest absolute Gasteiger partial charge is 0.382 e. The first-order valence-corrected chi connectivity index (χ1v) is 6.08. The van der Waals surface area contributed by atoms with Gasteiger partial charge in [0, 0.05) is 23.7 Å². The Labute approximate surface area is 108 Å². The lowest BCUT2D eigenvalue weighted by Crippen LogP contribution is -2.31. The molecule has 1 rings (SSSR count). The molecule has 3 unspecified atom stereocenters. The summed E-state index contributed by atoms with van der Waals surface area (Å²) in [4.78, 5) is 0. The predicted molar refractivity (Wildman–Crippen MR) is 70.3 cm³/mol. The van der Waals surface area contributed by atoms with Crippen LogP contribution >= 0.6 is 11.6 Å². The minimum atomic E-state index is -0.214. The molecule has 96 valence electrons. The first-order valence-electron chi connectivity index (χ1n) is 5.70. The Kier molecular flexibility index (Phi) is 5.92. The van der Waals surface area contributed by atoms with E-state index in [1.165, 1.54) is 0 Å². The third kappa shape index (κ3) is 4.28. The van der Waals surface area contributed by atoms with Gasteiger partial charge in [0.1, 0.15) is 0 Å². The van der Waals surface area contributed by atoms with Gasteiger partial charge in [0.2, 0.25) is 0 Å². The average molecular weight is 258 g/mol. The molecule has 2 N–H and O–H groups in total. The van der Waals surface area contributed by atoms with E-state index in [-0.39, 0.29) is 18.2 Å². The van der Waals surface area contributed by atoms with E-state index >= 15 is 0 Å². The monoisotopic (exact) mass is 257 g/mol. The maximum Gasteiger partial charge on any atom is 0.0992 e. The van der Waals surface area contributed by atoms with Gasteiger partial charge >= 0.3 is 0 Å². The van der Waals surface area contributed by atoms with Crippen LogP contribution in [0.3, 0.4) is 0 Å². The first kappa shape index (κ1) is 14.5. The minimum Gasteiger partial charge on any atom is -0.382 e. The molecule has 0 saturated heterocycles. The summed E-state index contributed by atoms with van der Waals surface area (Å²) in [6, 6.07) is 7.48. The highest BCUT2D eigenvalue weighted by atomic mass is 35.5. The number of hydrogen-bond acceptors (Lipinski definition) is 3. The number of methoxy groups -OCH3 is 1. The maximum absolute atomic E-state index is 6.16. The molecule has 3 nitrogen and oxygen atoms in total.